The van der Waals surface area contributed by atoms with Crippen molar-refractivity contribution in [3.05, 3.63) is 41.8 Å². The zero-order valence-corrected chi connectivity index (χ0v) is 17.9. The summed E-state index contributed by atoms with van der Waals surface area (Å²) in [7, 11) is -3.72. The number of anilines is 2. The molecule has 28 heavy (non-hydrogen) atoms. The molecule has 1 aromatic carbocycles. The van der Waals surface area contributed by atoms with Crippen LogP contribution in [0.4, 0.5) is 11.4 Å². The van der Waals surface area contributed by atoms with Gasteiger partial charge in [-0.3, -0.25) is 4.79 Å². The lowest BCUT2D eigenvalue weighted by molar-refractivity contribution is -0.118. The lowest BCUT2D eigenvalue weighted by Gasteiger charge is -2.29. The van der Waals surface area contributed by atoms with Gasteiger partial charge in [-0.2, -0.15) is 4.72 Å². The van der Waals surface area contributed by atoms with E-state index in [2.05, 4.69) is 14.9 Å². The fourth-order valence-electron chi connectivity index (χ4n) is 3.26. The van der Waals surface area contributed by atoms with Crippen molar-refractivity contribution in [2.24, 2.45) is 5.92 Å². The molecule has 0 spiro atoms. The number of hydrogen-bond donors (Lipinski definition) is 2. The van der Waals surface area contributed by atoms with Crippen LogP contribution in [0.3, 0.4) is 0 Å². The van der Waals surface area contributed by atoms with Gasteiger partial charge in [-0.25, -0.2) is 8.42 Å². The van der Waals surface area contributed by atoms with Gasteiger partial charge in [0.1, 0.15) is 10.3 Å². The average Bonchev–Trinajstić information content (AvgIpc) is 3.23. The van der Waals surface area contributed by atoms with Gasteiger partial charge in [0.15, 0.2) is 0 Å². The van der Waals surface area contributed by atoms with Crippen molar-refractivity contribution in [1.29, 1.82) is 0 Å². The third-order valence-electron chi connectivity index (χ3n) is 4.85. The van der Waals surface area contributed by atoms with E-state index in [-0.39, 0.29) is 16.0 Å². The van der Waals surface area contributed by atoms with Crippen LogP contribution in [0.1, 0.15) is 33.1 Å². The highest BCUT2D eigenvalue weighted by molar-refractivity contribution is 7.91. The molecular weight excluding hydrogens is 394 g/mol. The van der Waals surface area contributed by atoms with E-state index in [1.165, 1.54) is 25.3 Å². The van der Waals surface area contributed by atoms with Crippen LogP contribution in [0.25, 0.3) is 0 Å². The first-order chi connectivity index (χ1) is 13.4. The fourth-order valence-corrected chi connectivity index (χ4v) is 5.62. The van der Waals surface area contributed by atoms with Crippen LogP contribution in [0.2, 0.25) is 0 Å². The van der Waals surface area contributed by atoms with Crippen LogP contribution in [-0.4, -0.2) is 33.5 Å². The monoisotopic (exact) mass is 421 g/mol. The minimum Gasteiger partial charge on any atom is -0.372 e. The normalized spacial score (nSPS) is 16.2. The molecule has 0 aliphatic carbocycles. The molecule has 1 saturated heterocycles. The first-order valence-electron chi connectivity index (χ1n) is 9.58. The summed E-state index contributed by atoms with van der Waals surface area (Å²) in [5.41, 5.74) is 1.81. The Labute approximate surface area is 171 Å². The Balaban J connectivity index is 1.67. The first-order valence-corrected chi connectivity index (χ1v) is 11.9. The molecule has 1 aromatic heterocycles. The quantitative estimate of drug-likeness (QED) is 0.715. The molecular formula is C20H27N3O3S2. The summed E-state index contributed by atoms with van der Waals surface area (Å²) in [6.07, 6.45) is 3.69. The lowest BCUT2D eigenvalue weighted by atomic mass is 10.0. The third kappa shape index (κ3) is 5.12. The first kappa shape index (κ1) is 20.8. The van der Waals surface area contributed by atoms with Gasteiger partial charge >= 0.3 is 0 Å². The molecule has 0 radical (unpaired) electrons. The molecule has 0 saturated carbocycles. The van der Waals surface area contributed by atoms with E-state index in [0.717, 1.165) is 30.1 Å². The smallest absolute Gasteiger partial charge is 0.250 e. The van der Waals surface area contributed by atoms with Crippen molar-refractivity contribution in [2.75, 3.05) is 23.3 Å². The Morgan fingerprint density at radius 2 is 1.75 bits per heavy atom. The standard InChI is InChI=1S/C20H27N3O3S2/c1-15(2)19(22-28(25,26)18-7-6-14-27-18)20(24)21-16-8-10-17(11-9-16)23-12-4-3-5-13-23/h6-11,14-15,19,22H,3-5,12-13H2,1-2H3,(H,21,24)/t19-/m1/s1. The van der Waals surface area contributed by atoms with E-state index in [1.54, 1.807) is 11.4 Å². The van der Waals surface area contributed by atoms with E-state index in [9.17, 15) is 13.2 Å². The highest BCUT2D eigenvalue weighted by Crippen LogP contribution is 2.22. The number of amides is 1. The SMILES string of the molecule is CC(C)[C@@H](NS(=O)(=O)c1cccs1)C(=O)Nc1ccc(N2CCCCC2)cc1. The summed E-state index contributed by atoms with van der Waals surface area (Å²) < 4.78 is 27.7. The van der Waals surface area contributed by atoms with Crippen LogP contribution in [0.5, 0.6) is 0 Å². The number of carbonyl (C=O) groups excluding carboxylic acids is 1. The predicted octanol–water partition coefficient (Wildman–Crippen LogP) is 3.68. The number of nitrogens with one attached hydrogen (secondary N) is 2. The molecule has 3 rings (SSSR count). The molecule has 0 unspecified atom stereocenters. The molecule has 1 aliphatic heterocycles. The molecule has 152 valence electrons. The maximum atomic E-state index is 12.7. The van der Waals surface area contributed by atoms with Crippen molar-refractivity contribution in [2.45, 2.75) is 43.4 Å². The third-order valence-corrected chi connectivity index (χ3v) is 7.69. The Morgan fingerprint density at radius 1 is 1.07 bits per heavy atom. The van der Waals surface area contributed by atoms with E-state index < -0.39 is 16.1 Å². The van der Waals surface area contributed by atoms with Crippen molar-refractivity contribution >= 4 is 38.6 Å². The van der Waals surface area contributed by atoms with Crippen LogP contribution in [0, 0.1) is 5.92 Å². The summed E-state index contributed by atoms with van der Waals surface area (Å²) in [6.45, 7) is 5.76. The molecule has 2 N–H and O–H groups in total. The lowest BCUT2D eigenvalue weighted by Crippen LogP contribution is -2.46. The average molecular weight is 422 g/mol. The molecule has 1 aliphatic rings. The van der Waals surface area contributed by atoms with E-state index in [1.807, 2.05) is 38.1 Å². The highest BCUT2D eigenvalue weighted by atomic mass is 32.2. The summed E-state index contributed by atoms with van der Waals surface area (Å²) >= 11 is 1.13. The van der Waals surface area contributed by atoms with Gasteiger partial charge in [0.05, 0.1) is 0 Å². The molecule has 8 heteroatoms. The van der Waals surface area contributed by atoms with Gasteiger partial charge in [0.25, 0.3) is 10.0 Å². The second kappa shape index (κ2) is 9.07. The molecule has 0 bridgehead atoms. The van der Waals surface area contributed by atoms with Crippen LogP contribution < -0.4 is 14.9 Å². The van der Waals surface area contributed by atoms with Gasteiger partial charge in [-0.1, -0.05) is 19.9 Å². The number of piperidine rings is 1. The highest BCUT2D eigenvalue weighted by Gasteiger charge is 2.29. The minimum atomic E-state index is -3.72. The maximum absolute atomic E-state index is 12.7. The second-order valence-corrected chi connectivity index (χ2v) is 10.2. The molecule has 2 aromatic rings. The van der Waals surface area contributed by atoms with Crippen LogP contribution in [0.15, 0.2) is 46.0 Å². The number of rotatable bonds is 7. The molecule has 1 fully saturated rings. The van der Waals surface area contributed by atoms with Crippen LogP contribution in [-0.2, 0) is 14.8 Å². The van der Waals surface area contributed by atoms with Gasteiger partial charge in [0, 0.05) is 24.5 Å². The number of benzene rings is 1. The summed E-state index contributed by atoms with van der Waals surface area (Å²) in [5, 5.41) is 4.54. The fraction of sp³-hybridized carbons (Fsp3) is 0.450. The molecule has 2 heterocycles. The Kier molecular flexibility index (Phi) is 6.74. The Bertz CT molecular complexity index is 872. The van der Waals surface area contributed by atoms with E-state index >= 15 is 0 Å². The molecule has 6 nitrogen and oxygen atoms in total. The summed E-state index contributed by atoms with van der Waals surface area (Å²) in [5.74, 6) is -0.553. The predicted molar refractivity (Wildman–Crippen MR) is 114 cm³/mol. The maximum Gasteiger partial charge on any atom is 0.250 e. The van der Waals surface area contributed by atoms with E-state index in [4.69, 9.17) is 0 Å². The van der Waals surface area contributed by atoms with Crippen molar-refractivity contribution in [3.63, 3.8) is 0 Å². The Morgan fingerprint density at radius 3 is 2.32 bits per heavy atom. The van der Waals surface area contributed by atoms with Gasteiger partial charge < -0.3 is 10.2 Å². The largest absolute Gasteiger partial charge is 0.372 e. The molecule has 1 atom stereocenters. The topological polar surface area (TPSA) is 78.5 Å². The van der Waals surface area contributed by atoms with E-state index in [0.29, 0.717) is 5.69 Å². The van der Waals surface area contributed by atoms with Crippen molar-refractivity contribution in [3.8, 4) is 0 Å². The molecule has 1 amide bonds. The number of thiophene rings is 1. The second-order valence-electron chi connectivity index (χ2n) is 7.36. The zero-order chi connectivity index (χ0) is 20.1. The van der Waals surface area contributed by atoms with Gasteiger partial charge in [-0.15, -0.1) is 11.3 Å². The zero-order valence-electron chi connectivity index (χ0n) is 16.2. The van der Waals surface area contributed by atoms with Gasteiger partial charge in [0.2, 0.25) is 5.91 Å². The van der Waals surface area contributed by atoms with Crippen molar-refractivity contribution in [1.82, 2.24) is 4.72 Å². The van der Waals surface area contributed by atoms with Gasteiger partial charge in [-0.05, 0) is 60.9 Å². The number of hydrogen-bond acceptors (Lipinski definition) is 5. The summed E-state index contributed by atoms with van der Waals surface area (Å²) in [4.78, 5) is 15.1. The summed E-state index contributed by atoms with van der Waals surface area (Å²) in [6, 6.07) is 10.1. The number of sulfonamides is 1. The minimum absolute atomic E-state index is 0.192. The number of nitrogens with zero attached hydrogens (tertiary/aromatic N) is 1. The van der Waals surface area contributed by atoms with Crippen LogP contribution >= 0.6 is 11.3 Å². The van der Waals surface area contributed by atoms with Crippen molar-refractivity contribution < 1.29 is 13.2 Å². The number of carbonyl (C=O) groups is 1. The Hall–Kier alpha value is -1.90.